The third kappa shape index (κ3) is 5.01. The maximum Gasteiger partial charge on any atom is 0.346 e. The van der Waals surface area contributed by atoms with Crippen molar-refractivity contribution in [1.29, 1.82) is 0 Å². The van der Waals surface area contributed by atoms with Crippen LogP contribution >= 0.6 is 11.6 Å². The largest absolute Gasteiger partial charge is 0.348 e. The summed E-state index contributed by atoms with van der Waals surface area (Å²) >= 11 is 6.37. The van der Waals surface area contributed by atoms with E-state index in [9.17, 15) is 9.59 Å². The van der Waals surface area contributed by atoms with Crippen molar-refractivity contribution < 1.29 is 4.79 Å². The molecule has 4 rings (SSSR count). The van der Waals surface area contributed by atoms with E-state index in [0.29, 0.717) is 23.0 Å². The van der Waals surface area contributed by atoms with Gasteiger partial charge in [0.25, 0.3) is 0 Å². The van der Waals surface area contributed by atoms with E-state index in [1.54, 1.807) is 10.6 Å². The minimum atomic E-state index is -0.327. The summed E-state index contributed by atoms with van der Waals surface area (Å²) in [6, 6.07) is 21.3. The Kier molecular flexibility index (Phi) is 6.65. The highest BCUT2D eigenvalue weighted by Crippen LogP contribution is 2.26. The number of hydrogen-bond donors (Lipinski definition) is 1. The van der Waals surface area contributed by atoms with Crippen molar-refractivity contribution in [3.05, 3.63) is 87.8 Å². The van der Waals surface area contributed by atoms with Gasteiger partial charge in [-0.2, -0.15) is 0 Å². The summed E-state index contributed by atoms with van der Waals surface area (Å²) in [6.07, 6.45) is 0. The first-order chi connectivity index (χ1) is 15.8. The lowest BCUT2D eigenvalue weighted by Crippen LogP contribution is -2.35. The van der Waals surface area contributed by atoms with Gasteiger partial charge in [-0.1, -0.05) is 74.0 Å². The van der Waals surface area contributed by atoms with Gasteiger partial charge in [-0.15, -0.1) is 5.10 Å². The van der Waals surface area contributed by atoms with Gasteiger partial charge in [-0.3, -0.25) is 9.36 Å². The summed E-state index contributed by atoms with van der Waals surface area (Å²) in [7, 11) is 0. The van der Waals surface area contributed by atoms with Crippen LogP contribution in [0.3, 0.4) is 0 Å². The van der Waals surface area contributed by atoms with Crippen molar-refractivity contribution in [2.45, 2.75) is 39.9 Å². The molecule has 1 unspecified atom stereocenters. The summed E-state index contributed by atoms with van der Waals surface area (Å²) in [5.74, 6) is 0.413. The summed E-state index contributed by atoms with van der Waals surface area (Å²) in [5.41, 5.74) is 1.34. The zero-order valence-electron chi connectivity index (χ0n) is 19.0. The Labute approximate surface area is 197 Å². The van der Waals surface area contributed by atoms with E-state index in [1.807, 2.05) is 69.3 Å². The lowest BCUT2D eigenvalue weighted by Gasteiger charge is -2.15. The average molecular weight is 463 g/mol. The summed E-state index contributed by atoms with van der Waals surface area (Å²) in [6.45, 7) is 6.29. The lowest BCUT2D eigenvalue weighted by atomic mass is 10.0. The Morgan fingerprint density at radius 2 is 1.70 bits per heavy atom. The molecule has 170 valence electrons. The molecule has 1 heterocycles. The van der Waals surface area contributed by atoms with Gasteiger partial charge < -0.3 is 5.32 Å². The normalized spacial score (nSPS) is 12.3. The van der Waals surface area contributed by atoms with Gasteiger partial charge in [-0.05, 0) is 47.4 Å². The minimum absolute atomic E-state index is 0.167. The number of fused-ring (bicyclic) bond motifs is 1. The number of nitrogens with zero attached hydrogens (tertiary/aromatic N) is 3. The van der Waals surface area contributed by atoms with E-state index in [1.165, 1.54) is 4.68 Å². The number of aromatic nitrogens is 3. The molecule has 0 saturated carbocycles. The van der Waals surface area contributed by atoms with Crippen LogP contribution in [0, 0.1) is 5.92 Å². The van der Waals surface area contributed by atoms with Crippen LogP contribution in [-0.4, -0.2) is 20.3 Å². The number of hydrogen-bond acceptors (Lipinski definition) is 3. The van der Waals surface area contributed by atoms with Gasteiger partial charge in [-0.25, -0.2) is 9.48 Å². The van der Waals surface area contributed by atoms with Crippen molar-refractivity contribution in [2.24, 2.45) is 5.92 Å². The molecule has 6 nitrogen and oxygen atoms in total. The lowest BCUT2D eigenvalue weighted by molar-refractivity contribution is -0.122. The van der Waals surface area contributed by atoms with Crippen molar-refractivity contribution in [1.82, 2.24) is 19.7 Å². The van der Waals surface area contributed by atoms with Gasteiger partial charge in [0.2, 0.25) is 5.91 Å². The predicted molar refractivity (Wildman–Crippen MR) is 132 cm³/mol. The Morgan fingerprint density at radius 1 is 1.00 bits per heavy atom. The van der Waals surface area contributed by atoms with Gasteiger partial charge in [0, 0.05) is 12.1 Å². The Balaban J connectivity index is 1.57. The van der Waals surface area contributed by atoms with Crippen LogP contribution in [0.1, 0.15) is 32.4 Å². The number of nitrogens with one attached hydrogen (secondary N) is 1. The summed E-state index contributed by atoms with van der Waals surface area (Å²) in [4.78, 5) is 25.9. The fraction of sp³-hybridized carbons (Fsp3) is 0.269. The second-order valence-corrected chi connectivity index (χ2v) is 9.05. The van der Waals surface area contributed by atoms with Crippen LogP contribution in [0.2, 0.25) is 5.02 Å². The van der Waals surface area contributed by atoms with Crippen LogP contribution in [-0.2, 0) is 17.9 Å². The predicted octanol–water partition coefficient (Wildman–Crippen LogP) is 5.05. The molecule has 0 radical (unpaired) electrons. The van der Waals surface area contributed by atoms with Crippen LogP contribution in [0.5, 0.6) is 0 Å². The highest BCUT2D eigenvalue weighted by Gasteiger charge is 2.20. The topological polar surface area (TPSA) is 68.9 Å². The highest BCUT2D eigenvalue weighted by molar-refractivity contribution is 6.33. The number of halogens is 1. The Hall–Kier alpha value is -3.38. The molecule has 4 aromatic rings. The van der Waals surface area contributed by atoms with Crippen LogP contribution < -0.4 is 11.0 Å². The molecule has 1 N–H and O–H groups in total. The molecule has 1 aromatic heterocycles. The smallest absolute Gasteiger partial charge is 0.346 e. The van der Waals surface area contributed by atoms with E-state index in [4.69, 9.17) is 11.6 Å². The molecule has 7 heteroatoms. The summed E-state index contributed by atoms with van der Waals surface area (Å²) in [5, 5.41) is 10.2. The van der Waals surface area contributed by atoms with Crippen molar-refractivity contribution in [3.63, 3.8) is 0 Å². The molecule has 33 heavy (non-hydrogen) atoms. The van der Waals surface area contributed by atoms with Crippen molar-refractivity contribution in [2.75, 3.05) is 0 Å². The van der Waals surface area contributed by atoms with Gasteiger partial charge in [0.1, 0.15) is 6.54 Å². The fourth-order valence-corrected chi connectivity index (χ4v) is 4.12. The third-order valence-electron chi connectivity index (χ3n) is 5.53. The number of carbonyl (C=O) groups excluding carboxylic acids is 1. The van der Waals surface area contributed by atoms with Gasteiger partial charge >= 0.3 is 5.69 Å². The number of carbonyl (C=O) groups is 1. The van der Waals surface area contributed by atoms with E-state index >= 15 is 0 Å². The zero-order chi connectivity index (χ0) is 23.5. The van der Waals surface area contributed by atoms with E-state index < -0.39 is 0 Å². The fourth-order valence-electron chi connectivity index (χ4n) is 3.90. The van der Waals surface area contributed by atoms with Crippen LogP contribution in [0.15, 0.2) is 71.5 Å². The SMILES string of the molecule is CC(C)Cn1c(-c2ccccc2Cl)nn(CC(=O)NC(C)c2ccc3ccccc3c2)c1=O. The molecule has 0 aliphatic rings. The maximum absolute atomic E-state index is 13.1. The number of amides is 1. The second-order valence-electron chi connectivity index (χ2n) is 8.64. The molecule has 3 aromatic carbocycles. The van der Waals surface area contributed by atoms with E-state index in [2.05, 4.69) is 22.5 Å². The van der Waals surface area contributed by atoms with Gasteiger partial charge in [0.05, 0.1) is 11.1 Å². The quantitative estimate of drug-likeness (QED) is 0.417. The number of benzene rings is 3. The molecular weight excluding hydrogens is 436 g/mol. The molecule has 0 aliphatic carbocycles. The second kappa shape index (κ2) is 9.63. The van der Waals surface area contributed by atoms with E-state index in [0.717, 1.165) is 16.3 Å². The first kappa shape index (κ1) is 22.8. The van der Waals surface area contributed by atoms with Crippen LogP contribution in [0.4, 0.5) is 0 Å². The molecule has 0 spiro atoms. The minimum Gasteiger partial charge on any atom is -0.348 e. The molecule has 0 bridgehead atoms. The maximum atomic E-state index is 13.1. The first-order valence-corrected chi connectivity index (χ1v) is 11.4. The number of rotatable bonds is 7. The highest BCUT2D eigenvalue weighted by atomic mass is 35.5. The van der Waals surface area contributed by atoms with Crippen molar-refractivity contribution in [3.8, 4) is 11.4 Å². The molecule has 1 atom stereocenters. The van der Waals surface area contributed by atoms with Crippen LogP contribution in [0.25, 0.3) is 22.2 Å². The molecule has 0 aliphatic heterocycles. The Bertz CT molecular complexity index is 1360. The Morgan fingerprint density at radius 3 is 2.42 bits per heavy atom. The average Bonchev–Trinajstić information content (AvgIpc) is 3.08. The standard InChI is InChI=1S/C26H27ClN4O2/c1-17(2)15-30-25(22-10-6-7-11-23(22)27)29-31(26(30)33)16-24(32)28-18(3)20-13-12-19-8-4-5-9-21(19)14-20/h4-14,17-18H,15-16H2,1-3H3,(H,28,32). The molecule has 0 fully saturated rings. The van der Waals surface area contributed by atoms with Gasteiger partial charge in [0.15, 0.2) is 5.82 Å². The summed E-state index contributed by atoms with van der Waals surface area (Å²) < 4.78 is 2.80. The molecule has 1 amide bonds. The monoisotopic (exact) mass is 462 g/mol. The zero-order valence-corrected chi connectivity index (χ0v) is 19.7. The molecular formula is C26H27ClN4O2. The van der Waals surface area contributed by atoms with Crippen molar-refractivity contribution >= 4 is 28.3 Å². The molecule has 0 saturated heterocycles. The first-order valence-electron chi connectivity index (χ1n) is 11.0. The third-order valence-corrected chi connectivity index (χ3v) is 5.86. The van der Waals surface area contributed by atoms with E-state index in [-0.39, 0.29) is 30.1 Å².